The van der Waals surface area contributed by atoms with Gasteiger partial charge in [0.15, 0.2) is 5.16 Å². The van der Waals surface area contributed by atoms with Gasteiger partial charge in [0.05, 0.1) is 22.3 Å². The predicted molar refractivity (Wildman–Crippen MR) is 125 cm³/mol. The molecular weight excluding hydrogens is 444 g/mol. The van der Waals surface area contributed by atoms with Crippen molar-refractivity contribution in [2.75, 3.05) is 5.75 Å². The van der Waals surface area contributed by atoms with Crippen LogP contribution in [0.2, 0.25) is 0 Å². The molecule has 4 atom stereocenters. The molecule has 1 aromatic heterocycles. The van der Waals surface area contributed by atoms with Gasteiger partial charge in [0.25, 0.3) is 5.56 Å². The van der Waals surface area contributed by atoms with E-state index < -0.39 is 17.2 Å². The fraction of sp³-hybridized carbons (Fsp3) is 0.400. The van der Waals surface area contributed by atoms with Crippen molar-refractivity contribution in [2.24, 2.45) is 17.8 Å². The number of amides is 1. The number of nitrogens with zero attached hydrogens (tertiary/aromatic N) is 2. The smallest absolute Gasteiger partial charge is 0.266 e. The van der Waals surface area contributed by atoms with Crippen LogP contribution in [0.1, 0.15) is 32.6 Å². The Hall–Kier alpha value is -2.74. The van der Waals surface area contributed by atoms with Gasteiger partial charge >= 0.3 is 0 Å². The van der Waals surface area contributed by atoms with Crippen LogP contribution < -0.4 is 10.9 Å². The van der Waals surface area contributed by atoms with Crippen molar-refractivity contribution in [1.82, 2.24) is 14.9 Å². The SMILES string of the molecule is C[C@@H](NC(=O)CSc1nc2ccccc2c(=O)n1-c1ccc(F)cc1F)[C@@H]1C[C@H]2CC[C@H]1C2. The Balaban J connectivity index is 1.40. The Labute approximate surface area is 194 Å². The van der Waals surface area contributed by atoms with Gasteiger partial charge in [-0.3, -0.25) is 14.2 Å². The van der Waals surface area contributed by atoms with Crippen LogP contribution in [-0.4, -0.2) is 27.3 Å². The summed E-state index contributed by atoms with van der Waals surface area (Å²) in [5.41, 5.74) is -0.109. The van der Waals surface area contributed by atoms with Crippen LogP contribution in [0.15, 0.2) is 52.4 Å². The fourth-order valence-corrected chi connectivity index (χ4v) is 6.34. The fourth-order valence-electron chi connectivity index (χ4n) is 5.52. The van der Waals surface area contributed by atoms with Crippen molar-refractivity contribution in [1.29, 1.82) is 0 Å². The van der Waals surface area contributed by atoms with Crippen LogP contribution in [0.3, 0.4) is 0 Å². The lowest BCUT2D eigenvalue weighted by molar-refractivity contribution is -0.119. The van der Waals surface area contributed by atoms with E-state index in [-0.39, 0.29) is 28.5 Å². The van der Waals surface area contributed by atoms with Crippen LogP contribution in [0.25, 0.3) is 16.6 Å². The first kappa shape index (κ1) is 22.1. The van der Waals surface area contributed by atoms with Gasteiger partial charge in [0, 0.05) is 12.1 Å². The van der Waals surface area contributed by atoms with Crippen molar-refractivity contribution in [2.45, 2.75) is 43.8 Å². The number of halogens is 2. The van der Waals surface area contributed by atoms with Crippen LogP contribution in [-0.2, 0) is 4.79 Å². The molecule has 0 unspecified atom stereocenters. The van der Waals surface area contributed by atoms with E-state index >= 15 is 0 Å². The summed E-state index contributed by atoms with van der Waals surface area (Å²) in [6, 6.07) is 9.90. The van der Waals surface area contributed by atoms with E-state index in [2.05, 4.69) is 17.2 Å². The Morgan fingerprint density at radius 1 is 1.21 bits per heavy atom. The predicted octanol–water partition coefficient (Wildman–Crippen LogP) is 4.70. The Kier molecular flexibility index (Phi) is 5.95. The number of rotatable bonds is 6. The summed E-state index contributed by atoms with van der Waals surface area (Å²) in [6.45, 7) is 2.06. The Morgan fingerprint density at radius 2 is 2.03 bits per heavy atom. The molecule has 1 heterocycles. The molecule has 1 N–H and O–H groups in total. The lowest BCUT2D eigenvalue weighted by Gasteiger charge is -2.28. The highest BCUT2D eigenvalue weighted by Crippen LogP contribution is 2.49. The first-order chi connectivity index (χ1) is 15.9. The van der Waals surface area contributed by atoms with Gasteiger partial charge in [-0.05, 0) is 68.2 Å². The van der Waals surface area contributed by atoms with Crippen molar-refractivity contribution >= 4 is 28.6 Å². The topological polar surface area (TPSA) is 64.0 Å². The molecule has 172 valence electrons. The molecule has 2 aliphatic carbocycles. The average Bonchev–Trinajstić information content (AvgIpc) is 3.43. The van der Waals surface area contributed by atoms with Crippen LogP contribution in [0.5, 0.6) is 0 Å². The van der Waals surface area contributed by atoms with Crippen molar-refractivity contribution in [3.8, 4) is 5.69 Å². The van der Waals surface area contributed by atoms with Crippen LogP contribution >= 0.6 is 11.8 Å². The summed E-state index contributed by atoms with van der Waals surface area (Å²) in [5.74, 6) is 0.305. The maximum absolute atomic E-state index is 14.6. The molecule has 5 rings (SSSR count). The molecule has 2 aliphatic rings. The van der Waals surface area contributed by atoms with E-state index in [0.29, 0.717) is 22.7 Å². The molecule has 2 fully saturated rings. The van der Waals surface area contributed by atoms with Gasteiger partial charge in [-0.2, -0.15) is 0 Å². The maximum Gasteiger partial charge on any atom is 0.266 e. The zero-order chi connectivity index (χ0) is 23.1. The first-order valence-corrected chi connectivity index (χ1v) is 12.3. The number of hydrogen-bond donors (Lipinski definition) is 1. The number of para-hydroxylation sites is 1. The molecule has 2 saturated carbocycles. The van der Waals surface area contributed by atoms with E-state index in [4.69, 9.17) is 0 Å². The second kappa shape index (κ2) is 8.89. The van der Waals surface area contributed by atoms with Crippen molar-refractivity contribution < 1.29 is 13.6 Å². The minimum absolute atomic E-state index is 0.0404. The van der Waals surface area contributed by atoms with Crippen LogP contribution in [0, 0.1) is 29.4 Å². The highest BCUT2D eigenvalue weighted by Gasteiger charge is 2.42. The molecule has 8 heteroatoms. The van der Waals surface area contributed by atoms with Crippen molar-refractivity contribution in [3.63, 3.8) is 0 Å². The lowest BCUT2D eigenvalue weighted by atomic mass is 9.84. The number of hydrogen-bond acceptors (Lipinski definition) is 4. The number of benzene rings is 2. The van der Waals surface area contributed by atoms with Gasteiger partial charge in [0.2, 0.25) is 5.91 Å². The van der Waals surface area contributed by atoms with Gasteiger partial charge in [-0.15, -0.1) is 0 Å². The van der Waals surface area contributed by atoms with E-state index in [0.717, 1.165) is 34.4 Å². The summed E-state index contributed by atoms with van der Waals surface area (Å²) in [4.78, 5) is 30.5. The standard InChI is InChI=1S/C25H25F2N3O2S/c1-14(19-11-15-6-7-16(19)10-15)28-23(31)13-33-25-29-21-5-3-2-4-18(21)24(32)30(25)22-9-8-17(26)12-20(22)27/h2-5,8-9,12,14-16,19H,6-7,10-11,13H2,1H3,(H,28,31)/t14-,15+,16+,19+/m1/s1. The molecule has 3 aromatic rings. The molecule has 2 aromatic carbocycles. The average molecular weight is 470 g/mol. The summed E-state index contributed by atoms with van der Waals surface area (Å²) in [7, 11) is 0. The van der Waals surface area contributed by atoms with Gasteiger partial charge in [-0.1, -0.05) is 30.3 Å². The van der Waals surface area contributed by atoms with Crippen LogP contribution in [0.4, 0.5) is 8.78 Å². The molecule has 0 spiro atoms. The summed E-state index contributed by atoms with van der Waals surface area (Å²) >= 11 is 1.07. The molecular formula is C25H25F2N3O2S. The number of carbonyl (C=O) groups is 1. The van der Waals surface area contributed by atoms with E-state index in [1.54, 1.807) is 24.3 Å². The monoisotopic (exact) mass is 469 g/mol. The van der Waals surface area contributed by atoms with Gasteiger partial charge in [-0.25, -0.2) is 13.8 Å². The van der Waals surface area contributed by atoms with E-state index in [1.807, 2.05) is 0 Å². The quantitative estimate of drug-likeness (QED) is 0.420. The number of thioether (sulfide) groups is 1. The van der Waals surface area contributed by atoms with Gasteiger partial charge in [0.1, 0.15) is 11.6 Å². The summed E-state index contributed by atoms with van der Waals surface area (Å²) in [6.07, 6.45) is 5.01. The number of nitrogens with one attached hydrogen (secondary N) is 1. The van der Waals surface area contributed by atoms with E-state index in [1.165, 1.54) is 31.7 Å². The largest absolute Gasteiger partial charge is 0.353 e. The summed E-state index contributed by atoms with van der Waals surface area (Å²) in [5, 5.41) is 3.61. The van der Waals surface area contributed by atoms with Gasteiger partial charge < -0.3 is 5.32 Å². The van der Waals surface area contributed by atoms with Crippen molar-refractivity contribution in [3.05, 3.63) is 64.5 Å². The molecule has 0 saturated heterocycles. The molecule has 33 heavy (non-hydrogen) atoms. The first-order valence-electron chi connectivity index (χ1n) is 11.3. The highest BCUT2D eigenvalue weighted by molar-refractivity contribution is 7.99. The second-order valence-corrected chi connectivity index (χ2v) is 10.1. The Morgan fingerprint density at radius 3 is 2.76 bits per heavy atom. The highest BCUT2D eigenvalue weighted by atomic mass is 32.2. The minimum Gasteiger partial charge on any atom is -0.353 e. The second-order valence-electron chi connectivity index (χ2n) is 9.13. The normalized spacial score (nSPS) is 22.6. The zero-order valence-electron chi connectivity index (χ0n) is 18.3. The third-order valence-electron chi connectivity index (χ3n) is 7.05. The molecule has 0 aliphatic heterocycles. The van der Waals surface area contributed by atoms with E-state index in [9.17, 15) is 18.4 Å². The zero-order valence-corrected chi connectivity index (χ0v) is 19.1. The third-order valence-corrected chi connectivity index (χ3v) is 7.99. The minimum atomic E-state index is -0.870. The number of carbonyl (C=O) groups excluding carboxylic acids is 1. The number of aromatic nitrogens is 2. The molecule has 1 amide bonds. The molecule has 5 nitrogen and oxygen atoms in total. The number of fused-ring (bicyclic) bond motifs is 3. The lowest BCUT2D eigenvalue weighted by Crippen LogP contribution is -2.41. The third kappa shape index (κ3) is 4.28. The molecule has 0 radical (unpaired) electrons. The molecule has 2 bridgehead atoms. The maximum atomic E-state index is 14.6. The summed E-state index contributed by atoms with van der Waals surface area (Å²) < 4.78 is 29.2. The Bertz CT molecular complexity index is 1280.